The highest BCUT2D eigenvalue weighted by Gasteiger charge is 2.40. The first-order valence-electron chi connectivity index (χ1n) is 7.75. The molecule has 6 heteroatoms. The lowest BCUT2D eigenvalue weighted by Gasteiger charge is -2.39. The van der Waals surface area contributed by atoms with Crippen LogP contribution < -0.4 is 5.32 Å². The van der Waals surface area contributed by atoms with Crippen LogP contribution in [-0.4, -0.2) is 60.2 Å². The van der Waals surface area contributed by atoms with Gasteiger partial charge in [-0.3, -0.25) is 14.4 Å². The van der Waals surface area contributed by atoms with Crippen LogP contribution in [0.1, 0.15) is 33.1 Å². The predicted molar refractivity (Wildman–Crippen MR) is 78.3 cm³/mol. The molecule has 0 unspecified atom stereocenters. The lowest BCUT2D eigenvalue weighted by Crippen LogP contribution is -2.60. The minimum atomic E-state index is -0.607. The number of hydrogen-bond acceptors (Lipinski definition) is 3. The molecule has 0 saturated carbocycles. The van der Waals surface area contributed by atoms with Gasteiger partial charge in [-0.2, -0.15) is 0 Å². The van der Waals surface area contributed by atoms with Crippen LogP contribution in [0.5, 0.6) is 0 Å². The van der Waals surface area contributed by atoms with Gasteiger partial charge in [0.15, 0.2) is 0 Å². The molecule has 2 heterocycles. The Morgan fingerprint density at radius 2 is 2.05 bits per heavy atom. The van der Waals surface area contributed by atoms with Gasteiger partial charge < -0.3 is 15.1 Å². The number of carbonyl (C=O) groups is 3. The fraction of sp³-hybridized carbons (Fsp3) is 0.800. The van der Waals surface area contributed by atoms with E-state index in [4.69, 9.17) is 0 Å². The van der Waals surface area contributed by atoms with E-state index in [1.807, 2.05) is 13.8 Å². The molecule has 0 spiro atoms. The van der Waals surface area contributed by atoms with Crippen LogP contribution in [0.2, 0.25) is 0 Å². The molecule has 2 aliphatic heterocycles. The van der Waals surface area contributed by atoms with Gasteiger partial charge in [0.2, 0.25) is 17.7 Å². The number of piperazine rings is 1. The minimum Gasteiger partial charge on any atom is -0.353 e. The smallest absolute Gasteiger partial charge is 0.242 e. The monoisotopic (exact) mass is 295 g/mol. The van der Waals surface area contributed by atoms with Gasteiger partial charge in [0, 0.05) is 26.7 Å². The average Bonchev–Trinajstić information content (AvgIpc) is 2.43. The van der Waals surface area contributed by atoms with Crippen molar-refractivity contribution in [3.63, 3.8) is 0 Å². The molecule has 2 saturated heterocycles. The van der Waals surface area contributed by atoms with Crippen LogP contribution >= 0.6 is 0 Å². The second-order valence-corrected chi connectivity index (χ2v) is 6.42. The van der Waals surface area contributed by atoms with Gasteiger partial charge in [0.1, 0.15) is 12.0 Å². The second kappa shape index (κ2) is 6.45. The predicted octanol–water partition coefficient (Wildman–Crippen LogP) is 0.228. The summed E-state index contributed by atoms with van der Waals surface area (Å²) >= 11 is 0. The highest BCUT2D eigenvalue weighted by molar-refractivity contribution is 6.02. The van der Waals surface area contributed by atoms with Crippen LogP contribution in [0.15, 0.2) is 0 Å². The number of rotatable bonds is 3. The number of carbonyl (C=O) groups excluding carboxylic acids is 3. The summed E-state index contributed by atoms with van der Waals surface area (Å²) in [6.07, 6.45) is 2.07. The van der Waals surface area contributed by atoms with E-state index in [-0.39, 0.29) is 17.7 Å². The maximum atomic E-state index is 12.7. The Morgan fingerprint density at radius 3 is 2.71 bits per heavy atom. The maximum Gasteiger partial charge on any atom is 0.242 e. The third kappa shape index (κ3) is 3.36. The summed E-state index contributed by atoms with van der Waals surface area (Å²) in [4.78, 5) is 40.3. The van der Waals surface area contributed by atoms with Crippen LogP contribution in [0.4, 0.5) is 0 Å². The van der Waals surface area contributed by atoms with Crippen LogP contribution in [0, 0.1) is 11.8 Å². The summed E-state index contributed by atoms with van der Waals surface area (Å²) in [5.41, 5.74) is 0. The molecule has 2 rings (SSSR count). The van der Waals surface area contributed by atoms with Crippen molar-refractivity contribution in [2.45, 2.75) is 39.2 Å². The maximum absolute atomic E-state index is 12.7. The number of hydrogen-bond donors (Lipinski definition) is 1. The Hall–Kier alpha value is -1.59. The lowest BCUT2D eigenvalue weighted by molar-refractivity contribution is -0.154. The molecule has 0 aliphatic carbocycles. The SMILES string of the molecule is CC(C)C[C@H]1C(=O)NCCN1C(=O)[C@H]1CCCN(C)C1=O. The highest BCUT2D eigenvalue weighted by atomic mass is 16.2. The zero-order valence-electron chi connectivity index (χ0n) is 13.1. The summed E-state index contributed by atoms with van der Waals surface area (Å²) in [7, 11) is 1.73. The molecular formula is C15H25N3O3. The molecule has 2 aliphatic rings. The summed E-state index contributed by atoms with van der Waals surface area (Å²) < 4.78 is 0. The van der Waals surface area contributed by atoms with Gasteiger partial charge in [-0.25, -0.2) is 0 Å². The second-order valence-electron chi connectivity index (χ2n) is 6.42. The van der Waals surface area contributed by atoms with E-state index in [2.05, 4.69) is 5.32 Å². The first-order chi connectivity index (χ1) is 9.91. The number of amides is 3. The lowest BCUT2D eigenvalue weighted by atomic mass is 9.93. The van der Waals surface area contributed by atoms with Gasteiger partial charge in [-0.15, -0.1) is 0 Å². The molecule has 21 heavy (non-hydrogen) atoms. The Kier molecular flexibility index (Phi) is 4.85. The molecule has 2 atom stereocenters. The van der Waals surface area contributed by atoms with E-state index in [0.29, 0.717) is 38.4 Å². The highest BCUT2D eigenvalue weighted by Crippen LogP contribution is 2.23. The topological polar surface area (TPSA) is 69.7 Å². The van der Waals surface area contributed by atoms with Crippen LogP contribution in [-0.2, 0) is 14.4 Å². The van der Waals surface area contributed by atoms with Crippen molar-refractivity contribution >= 4 is 17.7 Å². The first kappa shape index (κ1) is 15.8. The number of nitrogens with zero attached hydrogens (tertiary/aromatic N) is 2. The summed E-state index contributed by atoms with van der Waals surface area (Å²) in [6, 6.07) is -0.439. The third-order valence-electron chi connectivity index (χ3n) is 4.27. The molecule has 6 nitrogen and oxygen atoms in total. The van der Waals surface area contributed by atoms with Gasteiger partial charge >= 0.3 is 0 Å². The van der Waals surface area contributed by atoms with Crippen molar-refractivity contribution < 1.29 is 14.4 Å². The summed E-state index contributed by atoms with van der Waals surface area (Å²) in [5, 5.41) is 2.82. The van der Waals surface area contributed by atoms with Crippen molar-refractivity contribution in [2.24, 2.45) is 11.8 Å². The molecule has 3 amide bonds. The van der Waals surface area contributed by atoms with Gasteiger partial charge in [-0.05, 0) is 25.2 Å². The van der Waals surface area contributed by atoms with Gasteiger partial charge in [-0.1, -0.05) is 13.8 Å². The van der Waals surface area contributed by atoms with Crippen molar-refractivity contribution in [1.29, 1.82) is 0 Å². The van der Waals surface area contributed by atoms with E-state index in [9.17, 15) is 14.4 Å². The first-order valence-corrected chi connectivity index (χ1v) is 7.75. The minimum absolute atomic E-state index is 0.0973. The van der Waals surface area contributed by atoms with Crippen molar-refractivity contribution in [3.05, 3.63) is 0 Å². The largest absolute Gasteiger partial charge is 0.353 e. The molecule has 0 bridgehead atoms. The number of piperidine rings is 1. The van der Waals surface area contributed by atoms with Gasteiger partial charge in [0.25, 0.3) is 0 Å². The molecule has 118 valence electrons. The van der Waals surface area contributed by atoms with Gasteiger partial charge in [0.05, 0.1) is 0 Å². The fourth-order valence-electron chi connectivity index (χ4n) is 3.12. The summed E-state index contributed by atoms with van der Waals surface area (Å²) in [5.74, 6) is -0.671. The van der Waals surface area contributed by atoms with Crippen LogP contribution in [0.3, 0.4) is 0 Å². The molecule has 2 fully saturated rings. The zero-order chi connectivity index (χ0) is 15.6. The van der Waals surface area contributed by atoms with Crippen LogP contribution in [0.25, 0.3) is 0 Å². The number of nitrogens with one attached hydrogen (secondary N) is 1. The molecular weight excluding hydrogens is 270 g/mol. The molecule has 1 N–H and O–H groups in total. The van der Waals surface area contributed by atoms with Crippen molar-refractivity contribution in [3.8, 4) is 0 Å². The average molecular weight is 295 g/mol. The Labute approximate surface area is 125 Å². The fourth-order valence-corrected chi connectivity index (χ4v) is 3.12. The normalized spacial score (nSPS) is 27.0. The molecule has 0 aromatic carbocycles. The third-order valence-corrected chi connectivity index (χ3v) is 4.27. The van der Waals surface area contributed by atoms with Crippen molar-refractivity contribution in [1.82, 2.24) is 15.1 Å². The standard InChI is InChI=1S/C15H25N3O3/c1-10(2)9-12-13(19)16-6-8-18(12)15(21)11-5-4-7-17(3)14(11)20/h10-12H,4-9H2,1-3H3,(H,16,19)/t11-,12-/m0/s1. The van der Waals surface area contributed by atoms with E-state index in [0.717, 1.165) is 6.42 Å². The quantitative estimate of drug-likeness (QED) is 0.758. The molecule has 0 radical (unpaired) electrons. The van der Waals surface area contributed by atoms with E-state index >= 15 is 0 Å². The summed E-state index contributed by atoms with van der Waals surface area (Å²) in [6.45, 7) is 5.73. The van der Waals surface area contributed by atoms with Crippen molar-refractivity contribution in [2.75, 3.05) is 26.7 Å². The molecule has 0 aromatic rings. The molecule has 0 aromatic heterocycles. The zero-order valence-corrected chi connectivity index (χ0v) is 13.1. The van der Waals surface area contributed by atoms with E-state index in [1.54, 1.807) is 16.8 Å². The Balaban J connectivity index is 2.14. The van der Waals surface area contributed by atoms with E-state index in [1.165, 1.54) is 0 Å². The van der Waals surface area contributed by atoms with E-state index < -0.39 is 12.0 Å². The Bertz CT molecular complexity index is 436. The Morgan fingerprint density at radius 1 is 1.33 bits per heavy atom. The number of likely N-dealkylation sites (tertiary alicyclic amines) is 1.